The number of aliphatic hydroxyl groups excluding tert-OH is 1. The average molecular weight is 168 g/mol. The van der Waals surface area contributed by atoms with Crippen molar-refractivity contribution in [1.82, 2.24) is 0 Å². The van der Waals surface area contributed by atoms with Gasteiger partial charge in [-0.3, -0.25) is 0 Å². The molecule has 4 aliphatic rings. The molecule has 4 aliphatic carbocycles. The Labute approximate surface area is 72.6 Å². The number of hydrogen-bond donors (Lipinski definition) is 2. The summed E-state index contributed by atoms with van der Waals surface area (Å²) >= 11 is 0. The van der Waals surface area contributed by atoms with Crippen LogP contribution in [0.3, 0.4) is 0 Å². The second-order valence-electron chi connectivity index (χ2n) is 5.18. The summed E-state index contributed by atoms with van der Waals surface area (Å²) in [5.41, 5.74) is -0.379. The monoisotopic (exact) mass is 168 g/mol. The van der Waals surface area contributed by atoms with Crippen LogP contribution >= 0.6 is 0 Å². The normalized spacial score (nSPS) is 62.5. The highest BCUT2D eigenvalue weighted by Crippen LogP contribution is 2.55. The Balaban J connectivity index is 1.95. The van der Waals surface area contributed by atoms with Crippen LogP contribution in [0.4, 0.5) is 0 Å². The van der Waals surface area contributed by atoms with E-state index in [-0.39, 0.29) is 11.7 Å². The Morgan fingerprint density at radius 3 is 2.08 bits per heavy atom. The minimum Gasteiger partial charge on any atom is -0.393 e. The number of hydrogen-bond acceptors (Lipinski definition) is 2. The number of aliphatic hydroxyl groups is 2. The molecule has 0 aromatic carbocycles. The minimum atomic E-state index is -0.379. The predicted molar refractivity (Wildman–Crippen MR) is 44.5 cm³/mol. The van der Waals surface area contributed by atoms with Crippen molar-refractivity contribution < 1.29 is 10.2 Å². The van der Waals surface area contributed by atoms with Crippen molar-refractivity contribution in [2.75, 3.05) is 0 Å². The molecular formula is C10H16O2. The van der Waals surface area contributed by atoms with Crippen LogP contribution in [-0.4, -0.2) is 21.9 Å². The predicted octanol–water partition coefficient (Wildman–Crippen LogP) is 0.918. The van der Waals surface area contributed by atoms with E-state index in [0.717, 1.165) is 25.2 Å². The van der Waals surface area contributed by atoms with Crippen LogP contribution in [-0.2, 0) is 0 Å². The SMILES string of the molecule is OC1[C@@H]2CC3C[C@H]1CC(O)(C3)C2. The van der Waals surface area contributed by atoms with Gasteiger partial charge in [0, 0.05) is 0 Å². The molecule has 0 aliphatic heterocycles. The minimum absolute atomic E-state index is 0.0955. The van der Waals surface area contributed by atoms with Crippen LogP contribution in [0.1, 0.15) is 32.1 Å². The molecule has 2 N–H and O–H groups in total. The molecule has 0 amide bonds. The van der Waals surface area contributed by atoms with Crippen molar-refractivity contribution in [2.45, 2.75) is 43.8 Å². The summed E-state index contributed by atoms with van der Waals surface area (Å²) in [7, 11) is 0. The van der Waals surface area contributed by atoms with Crippen LogP contribution in [0, 0.1) is 17.8 Å². The van der Waals surface area contributed by atoms with Crippen molar-refractivity contribution in [2.24, 2.45) is 17.8 Å². The van der Waals surface area contributed by atoms with Crippen molar-refractivity contribution >= 4 is 0 Å². The van der Waals surface area contributed by atoms with Crippen molar-refractivity contribution in [1.29, 1.82) is 0 Å². The first-order valence-corrected chi connectivity index (χ1v) is 5.07. The first-order chi connectivity index (χ1) is 5.66. The molecule has 2 heteroatoms. The van der Waals surface area contributed by atoms with E-state index in [4.69, 9.17) is 0 Å². The van der Waals surface area contributed by atoms with Gasteiger partial charge in [0.2, 0.25) is 0 Å². The maximum Gasteiger partial charge on any atom is 0.0657 e. The Kier molecular flexibility index (Phi) is 1.25. The summed E-state index contributed by atoms with van der Waals surface area (Å²) in [6, 6.07) is 0. The van der Waals surface area contributed by atoms with E-state index < -0.39 is 0 Å². The second kappa shape index (κ2) is 2.05. The average Bonchev–Trinajstić information content (AvgIpc) is 1.96. The van der Waals surface area contributed by atoms with Gasteiger partial charge in [-0.05, 0) is 49.9 Å². The molecule has 12 heavy (non-hydrogen) atoms. The largest absolute Gasteiger partial charge is 0.393 e. The molecule has 5 atom stereocenters. The van der Waals surface area contributed by atoms with E-state index in [2.05, 4.69) is 0 Å². The second-order valence-corrected chi connectivity index (χ2v) is 5.18. The van der Waals surface area contributed by atoms with Gasteiger partial charge < -0.3 is 10.2 Å². The van der Waals surface area contributed by atoms with Crippen molar-refractivity contribution in [3.63, 3.8) is 0 Å². The highest BCUT2D eigenvalue weighted by molar-refractivity contribution is 5.05. The summed E-state index contributed by atoms with van der Waals surface area (Å²) in [6.07, 6.45) is 4.97. The fraction of sp³-hybridized carbons (Fsp3) is 1.00. The summed E-state index contributed by atoms with van der Waals surface area (Å²) in [6.45, 7) is 0. The van der Waals surface area contributed by atoms with E-state index in [9.17, 15) is 10.2 Å². The van der Waals surface area contributed by atoms with Gasteiger partial charge >= 0.3 is 0 Å². The van der Waals surface area contributed by atoms with Crippen molar-refractivity contribution in [3.8, 4) is 0 Å². The maximum absolute atomic E-state index is 10.1. The highest BCUT2D eigenvalue weighted by atomic mass is 16.3. The van der Waals surface area contributed by atoms with Gasteiger partial charge in [0.1, 0.15) is 0 Å². The van der Waals surface area contributed by atoms with Gasteiger partial charge in [-0.1, -0.05) is 0 Å². The van der Waals surface area contributed by atoms with Gasteiger partial charge in [0.25, 0.3) is 0 Å². The Bertz CT molecular complexity index is 198. The Morgan fingerprint density at radius 1 is 1.00 bits per heavy atom. The molecule has 4 bridgehead atoms. The third-order valence-electron chi connectivity index (χ3n) is 4.19. The van der Waals surface area contributed by atoms with Crippen LogP contribution in [0.2, 0.25) is 0 Å². The lowest BCUT2D eigenvalue weighted by Crippen LogP contribution is -2.56. The fourth-order valence-electron chi connectivity index (χ4n) is 3.95. The molecule has 0 heterocycles. The first kappa shape index (κ1) is 7.34. The molecule has 68 valence electrons. The molecule has 3 unspecified atom stereocenters. The smallest absolute Gasteiger partial charge is 0.0657 e. The van der Waals surface area contributed by atoms with Gasteiger partial charge in [-0.2, -0.15) is 0 Å². The lowest BCUT2D eigenvalue weighted by molar-refractivity contribution is -0.175. The maximum atomic E-state index is 10.1. The molecule has 4 rings (SSSR count). The number of rotatable bonds is 0. The molecule has 0 radical (unpaired) electrons. The summed E-state index contributed by atoms with van der Waals surface area (Å²) in [5.74, 6) is 1.55. The lowest BCUT2D eigenvalue weighted by Gasteiger charge is -2.56. The Hall–Kier alpha value is -0.0800. The van der Waals surface area contributed by atoms with Crippen LogP contribution in [0.15, 0.2) is 0 Å². The third kappa shape index (κ3) is 0.826. The van der Waals surface area contributed by atoms with Crippen LogP contribution in [0.25, 0.3) is 0 Å². The topological polar surface area (TPSA) is 40.5 Å². The van der Waals surface area contributed by atoms with Crippen LogP contribution < -0.4 is 0 Å². The zero-order valence-corrected chi connectivity index (χ0v) is 7.24. The van der Waals surface area contributed by atoms with Gasteiger partial charge in [0.05, 0.1) is 11.7 Å². The van der Waals surface area contributed by atoms with E-state index in [1.165, 1.54) is 12.8 Å². The third-order valence-corrected chi connectivity index (χ3v) is 4.19. The van der Waals surface area contributed by atoms with Crippen molar-refractivity contribution in [3.05, 3.63) is 0 Å². The Morgan fingerprint density at radius 2 is 1.58 bits per heavy atom. The van der Waals surface area contributed by atoms with Gasteiger partial charge in [-0.25, -0.2) is 0 Å². The molecule has 4 saturated carbocycles. The standard InChI is InChI=1S/C10H16O2/c11-9-7-1-6-2-8(9)5-10(12,3-6)4-7/h6-9,11-12H,1-5H2/t6?,7-,8+,9?,10?. The molecule has 4 fully saturated rings. The van der Waals surface area contributed by atoms with Gasteiger partial charge in [0.15, 0.2) is 0 Å². The zero-order valence-electron chi connectivity index (χ0n) is 7.24. The van der Waals surface area contributed by atoms with E-state index in [1.807, 2.05) is 0 Å². The molecular weight excluding hydrogens is 152 g/mol. The molecule has 0 saturated heterocycles. The highest BCUT2D eigenvalue weighted by Gasteiger charge is 2.54. The molecule has 0 aromatic rings. The summed E-state index contributed by atoms with van der Waals surface area (Å²) in [5, 5.41) is 19.9. The van der Waals surface area contributed by atoms with Gasteiger partial charge in [-0.15, -0.1) is 0 Å². The first-order valence-electron chi connectivity index (χ1n) is 5.07. The molecule has 0 aromatic heterocycles. The zero-order chi connectivity index (χ0) is 8.34. The molecule has 0 spiro atoms. The van der Waals surface area contributed by atoms with Crippen LogP contribution in [0.5, 0.6) is 0 Å². The summed E-state index contributed by atoms with van der Waals surface area (Å²) < 4.78 is 0. The van der Waals surface area contributed by atoms with E-state index in [0.29, 0.717) is 11.8 Å². The quantitative estimate of drug-likeness (QED) is 0.564. The fourth-order valence-corrected chi connectivity index (χ4v) is 3.95. The van der Waals surface area contributed by atoms with E-state index >= 15 is 0 Å². The molecule has 2 nitrogen and oxygen atoms in total. The van der Waals surface area contributed by atoms with E-state index in [1.54, 1.807) is 0 Å². The lowest BCUT2D eigenvalue weighted by atomic mass is 9.53. The summed E-state index contributed by atoms with van der Waals surface area (Å²) in [4.78, 5) is 0.